The molecule has 0 bridgehead atoms. The van der Waals surface area contributed by atoms with Crippen LogP contribution in [0.4, 0.5) is 13.2 Å². The van der Waals surface area contributed by atoms with E-state index in [4.69, 9.17) is 5.11 Å². The van der Waals surface area contributed by atoms with Crippen LogP contribution in [0.5, 0.6) is 5.75 Å². The van der Waals surface area contributed by atoms with Crippen molar-refractivity contribution in [2.24, 2.45) is 5.92 Å². The van der Waals surface area contributed by atoms with Gasteiger partial charge in [0.15, 0.2) is 0 Å². The second-order valence-corrected chi connectivity index (χ2v) is 6.79. The Morgan fingerprint density at radius 3 is 2.43 bits per heavy atom. The summed E-state index contributed by atoms with van der Waals surface area (Å²) in [5.74, 6) is -3.36. The Morgan fingerprint density at radius 1 is 1.35 bits per heavy atom. The Bertz CT molecular complexity index is 664. The van der Waals surface area contributed by atoms with E-state index in [9.17, 15) is 26.4 Å². The van der Waals surface area contributed by atoms with Crippen molar-refractivity contribution < 1.29 is 36.2 Å². The van der Waals surface area contributed by atoms with Crippen molar-refractivity contribution in [3.8, 4) is 5.75 Å². The zero-order chi connectivity index (χ0) is 17.8. The molecule has 0 saturated carbocycles. The molecular weight excluding hydrogens is 339 g/mol. The molecule has 1 atom stereocenters. The third-order valence-electron chi connectivity index (χ3n) is 2.71. The number of carboxylic acid groups (broad SMARTS) is 1. The third-order valence-corrected chi connectivity index (χ3v) is 4.21. The van der Waals surface area contributed by atoms with Gasteiger partial charge in [0.05, 0.1) is 0 Å². The molecule has 0 aliphatic heterocycles. The van der Waals surface area contributed by atoms with E-state index in [1.807, 2.05) is 4.72 Å². The van der Waals surface area contributed by atoms with Crippen LogP contribution in [0.2, 0.25) is 0 Å². The van der Waals surface area contributed by atoms with Crippen molar-refractivity contribution >= 4 is 16.0 Å². The molecule has 1 aromatic rings. The largest absolute Gasteiger partial charge is 0.480 e. The molecule has 1 rings (SSSR count). The van der Waals surface area contributed by atoms with Crippen molar-refractivity contribution in [3.63, 3.8) is 0 Å². The number of carbonyl (C=O) groups is 1. The standard InChI is InChI=1S/C13H16F3NO5S/c1-7(2)5-9(12(18)19)17-23(20,21)11-6-8(14)3-4-10(11)22-13(15)16/h3-4,6-7,9,13,17H,5H2,1-2H3,(H,18,19). The van der Waals surface area contributed by atoms with Crippen molar-refractivity contribution in [2.45, 2.75) is 37.8 Å². The Balaban J connectivity index is 3.21. The van der Waals surface area contributed by atoms with E-state index in [0.29, 0.717) is 6.07 Å². The fourth-order valence-electron chi connectivity index (χ4n) is 1.81. The summed E-state index contributed by atoms with van der Waals surface area (Å²) in [7, 11) is -4.58. The molecule has 1 aromatic carbocycles. The summed E-state index contributed by atoms with van der Waals surface area (Å²) in [5, 5.41) is 9.05. The molecule has 0 heterocycles. The van der Waals surface area contributed by atoms with Crippen LogP contribution >= 0.6 is 0 Å². The summed E-state index contributed by atoms with van der Waals surface area (Å²) in [4.78, 5) is 10.2. The number of benzene rings is 1. The Hall–Kier alpha value is -1.81. The van der Waals surface area contributed by atoms with Crippen LogP contribution in [-0.2, 0) is 14.8 Å². The molecule has 0 spiro atoms. The first-order valence-electron chi connectivity index (χ1n) is 6.52. The second-order valence-electron chi connectivity index (χ2n) is 5.11. The average Bonchev–Trinajstić information content (AvgIpc) is 2.38. The van der Waals surface area contributed by atoms with Gasteiger partial charge < -0.3 is 9.84 Å². The lowest BCUT2D eigenvalue weighted by atomic mass is 10.1. The highest BCUT2D eigenvalue weighted by molar-refractivity contribution is 7.89. The lowest BCUT2D eigenvalue weighted by Crippen LogP contribution is -2.41. The maximum atomic E-state index is 13.3. The minimum absolute atomic E-state index is 0.0328. The summed E-state index contributed by atoms with van der Waals surface area (Å²) in [6.07, 6.45) is -0.0328. The van der Waals surface area contributed by atoms with E-state index >= 15 is 0 Å². The van der Waals surface area contributed by atoms with Crippen molar-refractivity contribution in [1.29, 1.82) is 0 Å². The molecule has 0 fully saturated rings. The fourth-order valence-corrected chi connectivity index (χ4v) is 3.15. The molecule has 6 nitrogen and oxygen atoms in total. The van der Waals surface area contributed by atoms with Crippen molar-refractivity contribution in [3.05, 3.63) is 24.0 Å². The average molecular weight is 355 g/mol. The molecule has 0 saturated heterocycles. The van der Waals surface area contributed by atoms with E-state index in [0.717, 1.165) is 12.1 Å². The van der Waals surface area contributed by atoms with Gasteiger partial charge in [0.25, 0.3) is 0 Å². The zero-order valence-electron chi connectivity index (χ0n) is 12.3. The summed E-state index contributed by atoms with van der Waals surface area (Å²) in [6.45, 7) is 0.0375. The van der Waals surface area contributed by atoms with Gasteiger partial charge in [-0.1, -0.05) is 13.8 Å². The first-order valence-corrected chi connectivity index (χ1v) is 8.00. The molecule has 0 aliphatic carbocycles. The van der Waals surface area contributed by atoms with Crippen LogP contribution in [0.15, 0.2) is 23.1 Å². The number of hydrogen-bond donors (Lipinski definition) is 2. The molecule has 0 aliphatic rings. The highest BCUT2D eigenvalue weighted by atomic mass is 32.2. The Labute approximate surface area is 131 Å². The van der Waals surface area contributed by atoms with Crippen molar-refractivity contribution in [2.75, 3.05) is 0 Å². The Morgan fingerprint density at radius 2 is 1.96 bits per heavy atom. The number of carboxylic acids is 1. The number of ether oxygens (including phenoxy) is 1. The molecule has 130 valence electrons. The van der Waals surface area contributed by atoms with Gasteiger partial charge in [-0.05, 0) is 30.5 Å². The fraction of sp³-hybridized carbons (Fsp3) is 0.462. The number of aliphatic carboxylic acids is 1. The topological polar surface area (TPSA) is 92.7 Å². The Kier molecular flexibility index (Phi) is 6.39. The van der Waals surface area contributed by atoms with Gasteiger partial charge in [-0.3, -0.25) is 4.79 Å². The minimum Gasteiger partial charge on any atom is -0.480 e. The first kappa shape index (κ1) is 19.2. The van der Waals surface area contributed by atoms with E-state index in [1.54, 1.807) is 13.8 Å². The maximum absolute atomic E-state index is 13.3. The number of sulfonamides is 1. The van der Waals surface area contributed by atoms with Crippen LogP contribution in [0.25, 0.3) is 0 Å². The normalized spacial score (nSPS) is 13.3. The molecule has 23 heavy (non-hydrogen) atoms. The summed E-state index contributed by atoms with van der Waals surface area (Å²) in [5.41, 5.74) is 0. The van der Waals surface area contributed by atoms with Crippen molar-refractivity contribution in [1.82, 2.24) is 4.72 Å². The number of rotatable bonds is 8. The summed E-state index contributed by atoms with van der Waals surface area (Å²) >= 11 is 0. The first-order chi connectivity index (χ1) is 10.5. The van der Waals surface area contributed by atoms with Crippen LogP contribution in [0.3, 0.4) is 0 Å². The molecule has 0 radical (unpaired) electrons. The molecule has 2 N–H and O–H groups in total. The lowest BCUT2D eigenvalue weighted by molar-refractivity contribution is -0.139. The monoisotopic (exact) mass is 355 g/mol. The van der Waals surface area contributed by atoms with Gasteiger partial charge in [-0.15, -0.1) is 0 Å². The molecule has 0 aromatic heterocycles. The molecule has 1 unspecified atom stereocenters. The maximum Gasteiger partial charge on any atom is 0.387 e. The van der Waals surface area contributed by atoms with Crippen LogP contribution in [0.1, 0.15) is 20.3 Å². The minimum atomic E-state index is -4.58. The van der Waals surface area contributed by atoms with Crippen LogP contribution in [-0.4, -0.2) is 32.1 Å². The smallest absolute Gasteiger partial charge is 0.387 e. The molecular formula is C13H16F3NO5S. The molecule has 10 heteroatoms. The van der Waals surface area contributed by atoms with Crippen LogP contribution < -0.4 is 9.46 Å². The number of nitrogens with one attached hydrogen (secondary N) is 1. The van der Waals surface area contributed by atoms with Gasteiger partial charge in [0, 0.05) is 0 Å². The molecule has 0 amide bonds. The van der Waals surface area contributed by atoms with Crippen LogP contribution in [0, 0.1) is 11.7 Å². The predicted molar refractivity (Wildman–Crippen MR) is 74.2 cm³/mol. The number of alkyl halides is 2. The SMILES string of the molecule is CC(C)CC(NS(=O)(=O)c1cc(F)ccc1OC(F)F)C(=O)O. The van der Waals surface area contributed by atoms with Gasteiger partial charge in [-0.25, -0.2) is 12.8 Å². The number of halogens is 3. The lowest BCUT2D eigenvalue weighted by Gasteiger charge is -2.18. The van der Waals surface area contributed by atoms with E-state index in [2.05, 4.69) is 4.74 Å². The van der Waals surface area contributed by atoms with E-state index < -0.39 is 45.1 Å². The van der Waals surface area contributed by atoms with Gasteiger partial charge in [0.1, 0.15) is 22.5 Å². The highest BCUT2D eigenvalue weighted by Crippen LogP contribution is 2.26. The van der Waals surface area contributed by atoms with E-state index in [1.165, 1.54) is 0 Å². The predicted octanol–water partition coefficient (Wildman–Crippen LogP) is 2.20. The summed E-state index contributed by atoms with van der Waals surface area (Å²) < 4.78 is 68.3. The number of hydrogen-bond acceptors (Lipinski definition) is 4. The quantitative estimate of drug-likeness (QED) is 0.746. The van der Waals surface area contributed by atoms with Gasteiger partial charge in [0.2, 0.25) is 10.0 Å². The second kappa shape index (κ2) is 7.64. The van der Waals surface area contributed by atoms with E-state index in [-0.39, 0.29) is 12.3 Å². The van der Waals surface area contributed by atoms with Gasteiger partial charge in [-0.2, -0.15) is 13.5 Å². The van der Waals surface area contributed by atoms with Gasteiger partial charge >= 0.3 is 12.6 Å². The summed E-state index contributed by atoms with van der Waals surface area (Å²) in [6, 6.07) is 0.477. The zero-order valence-corrected chi connectivity index (χ0v) is 13.1. The highest BCUT2D eigenvalue weighted by Gasteiger charge is 2.29. The third kappa shape index (κ3) is 5.71.